The van der Waals surface area contributed by atoms with E-state index in [0.717, 1.165) is 17.0 Å². The van der Waals surface area contributed by atoms with Crippen LogP contribution in [-0.4, -0.2) is 19.7 Å². The minimum absolute atomic E-state index is 0.251. The van der Waals surface area contributed by atoms with Crippen molar-refractivity contribution in [1.29, 1.82) is 0 Å². The van der Waals surface area contributed by atoms with Crippen molar-refractivity contribution in [2.75, 3.05) is 18.0 Å². The van der Waals surface area contributed by atoms with Gasteiger partial charge in [0.2, 0.25) is 0 Å². The molecular weight excluding hydrogens is 284 g/mol. The summed E-state index contributed by atoms with van der Waals surface area (Å²) in [6.45, 7) is 0.517. The maximum absolute atomic E-state index is 12.0. The molecule has 2 aromatic rings. The summed E-state index contributed by atoms with van der Waals surface area (Å²) in [7, 11) is 1.64. The second-order valence-corrected chi connectivity index (χ2v) is 4.84. The van der Waals surface area contributed by atoms with Crippen LogP contribution in [0.2, 0.25) is 0 Å². The number of ether oxygens (including phenoxy) is 1. The minimum Gasteiger partial charge on any atom is -0.496 e. The summed E-state index contributed by atoms with van der Waals surface area (Å²) in [6.07, 6.45) is 0.701. The maximum Gasteiger partial charge on any atom is 0.331 e. The van der Waals surface area contributed by atoms with Gasteiger partial charge in [-0.1, -0.05) is 49.2 Å². The number of urea groups is 1. The van der Waals surface area contributed by atoms with Gasteiger partial charge in [0.05, 0.1) is 12.8 Å². The molecule has 1 N–H and O–H groups in total. The lowest BCUT2D eigenvalue weighted by atomic mass is 10.1. The number of methoxy groups -OCH3 is 1. The fraction of sp³-hybridized carbons (Fsp3) is 0.188. The normalized spacial score (nSPS) is 10.0. The smallest absolute Gasteiger partial charge is 0.331 e. The molecule has 0 aromatic heterocycles. The van der Waals surface area contributed by atoms with Crippen molar-refractivity contribution in [2.24, 2.45) is 0 Å². The molecule has 0 unspecified atom stereocenters. The fourth-order valence-corrected chi connectivity index (χ4v) is 2.18. The average Bonchev–Trinajstić information content (AvgIpc) is 2.55. The van der Waals surface area contributed by atoms with Gasteiger partial charge in [-0.3, -0.25) is 0 Å². The first-order chi connectivity index (χ1) is 10.2. The summed E-state index contributed by atoms with van der Waals surface area (Å²) in [4.78, 5) is 12.0. The Labute approximate surface area is 130 Å². The third-order valence-corrected chi connectivity index (χ3v) is 3.47. The van der Waals surface area contributed by atoms with Crippen LogP contribution in [0.5, 0.6) is 5.75 Å². The van der Waals surface area contributed by atoms with E-state index in [1.165, 1.54) is 4.31 Å². The first kappa shape index (κ1) is 15.3. The molecule has 5 heteroatoms. The monoisotopic (exact) mass is 302 g/mol. The van der Waals surface area contributed by atoms with Gasteiger partial charge in [0.1, 0.15) is 5.75 Å². The van der Waals surface area contributed by atoms with Crippen LogP contribution in [0.1, 0.15) is 5.56 Å². The van der Waals surface area contributed by atoms with E-state index >= 15 is 0 Å². The Morgan fingerprint density at radius 1 is 1.14 bits per heavy atom. The Balaban J connectivity index is 1.87. The van der Waals surface area contributed by atoms with Crippen molar-refractivity contribution in [3.63, 3.8) is 0 Å². The molecule has 0 heterocycles. The molecule has 0 aliphatic heterocycles. The molecule has 0 radical (unpaired) electrons. The highest BCUT2D eigenvalue weighted by Gasteiger charge is 2.11. The van der Waals surface area contributed by atoms with Crippen LogP contribution in [-0.2, 0) is 6.42 Å². The van der Waals surface area contributed by atoms with Crippen molar-refractivity contribution in [2.45, 2.75) is 6.42 Å². The lowest BCUT2D eigenvalue weighted by Crippen LogP contribution is -2.35. The Morgan fingerprint density at radius 2 is 1.81 bits per heavy atom. The number of amides is 2. The van der Waals surface area contributed by atoms with Crippen LogP contribution in [0.4, 0.5) is 10.5 Å². The van der Waals surface area contributed by atoms with E-state index < -0.39 is 0 Å². The van der Waals surface area contributed by atoms with Crippen LogP contribution in [0.25, 0.3) is 0 Å². The molecule has 0 bridgehead atoms. The number of anilines is 1. The summed E-state index contributed by atoms with van der Waals surface area (Å²) in [6, 6.07) is 16.8. The molecule has 0 spiro atoms. The number of nitrogens with one attached hydrogen (secondary N) is 1. The number of carbonyl (C=O) groups is 1. The van der Waals surface area contributed by atoms with Crippen molar-refractivity contribution in [3.8, 4) is 5.75 Å². The van der Waals surface area contributed by atoms with Crippen LogP contribution in [0.15, 0.2) is 54.6 Å². The molecule has 21 heavy (non-hydrogen) atoms. The van der Waals surface area contributed by atoms with Gasteiger partial charge in [-0.05, 0) is 30.2 Å². The number of hydrogen-bond donors (Lipinski definition) is 2. The maximum atomic E-state index is 12.0. The van der Waals surface area contributed by atoms with Crippen LogP contribution in [0.3, 0.4) is 0 Å². The Hall–Kier alpha value is -2.14. The Morgan fingerprint density at radius 3 is 2.52 bits per heavy atom. The first-order valence-corrected chi connectivity index (χ1v) is 7.06. The molecule has 110 valence electrons. The summed E-state index contributed by atoms with van der Waals surface area (Å²) >= 11 is 4.21. The molecular formula is C16H18N2O2S. The molecule has 0 fully saturated rings. The largest absolute Gasteiger partial charge is 0.496 e. The third-order valence-electron chi connectivity index (χ3n) is 3.06. The van der Waals surface area contributed by atoms with Gasteiger partial charge in [0.15, 0.2) is 0 Å². The highest BCUT2D eigenvalue weighted by Crippen LogP contribution is 2.18. The van der Waals surface area contributed by atoms with Gasteiger partial charge in [-0.2, -0.15) is 0 Å². The highest BCUT2D eigenvalue weighted by atomic mass is 32.1. The lowest BCUT2D eigenvalue weighted by Gasteiger charge is -2.16. The van der Waals surface area contributed by atoms with E-state index in [0.29, 0.717) is 13.0 Å². The van der Waals surface area contributed by atoms with Crippen LogP contribution >= 0.6 is 12.8 Å². The van der Waals surface area contributed by atoms with Crippen molar-refractivity contribution in [1.82, 2.24) is 5.32 Å². The number of nitrogens with zero attached hydrogens (tertiary/aromatic N) is 1. The van der Waals surface area contributed by atoms with E-state index in [4.69, 9.17) is 4.74 Å². The van der Waals surface area contributed by atoms with Crippen molar-refractivity contribution >= 4 is 24.5 Å². The topological polar surface area (TPSA) is 41.6 Å². The van der Waals surface area contributed by atoms with E-state index in [9.17, 15) is 4.79 Å². The Bertz CT molecular complexity index is 590. The standard InChI is InChI=1S/C16H18N2O2S/c1-20-15-10-6-5-7-13(15)11-12-17-16(19)18(21)14-8-3-2-4-9-14/h2-10,21H,11-12H2,1H3,(H,17,19). The molecule has 0 saturated heterocycles. The third kappa shape index (κ3) is 4.16. The van der Waals surface area contributed by atoms with Crippen molar-refractivity contribution in [3.05, 3.63) is 60.2 Å². The zero-order valence-corrected chi connectivity index (χ0v) is 12.7. The summed E-state index contributed by atoms with van der Waals surface area (Å²) in [5, 5.41) is 2.84. The quantitative estimate of drug-likeness (QED) is 0.832. The first-order valence-electron chi connectivity index (χ1n) is 6.66. The second-order valence-electron chi connectivity index (χ2n) is 4.44. The van der Waals surface area contributed by atoms with Crippen molar-refractivity contribution < 1.29 is 9.53 Å². The summed E-state index contributed by atoms with van der Waals surface area (Å²) in [5.74, 6) is 0.831. The predicted octanol–water partition coefficient (Wildman–Crippen LogP) is 3.30. The molecule has 4 nitrogen and oxygen atoms in total. The summed E-state index contributed by atoms with van der Waals surface area (Å²) in [5.41, 5.74) is 1.79. The number of rotatable bonds is 5. The molecule has 0 saturated carbocycles. The van der Waals surface area contributed by atoms with Gasteiger partial charge >= 0.3 is 6.03 Å². The minimum atomic E-state index is -0.251. The SMILES string of the molecule is COc1ccccc1CCNC(=O)N(S)c1ccccc1. The second kappa shape index (κ2) is 7.59. The predicted molar refractivity (Wildman–Crippen MR) is 88.0 cm³/mol. The lowest BCUT2D eigenvalue weighted by molar-refractivity contribution is 0.250. The number of para-hydroxylation sites is 2. The van der Waals surface area contributed by atoms with Gasteiger partial charge in [-0.25, -0.2) is 9.10 Å². The zero-order chi connectivity index (χ0) is 15.1. The van der Waals surface area contributed by atoms with E-state index in [1.807, 2.05) is 54.6 Å². The van der Waals surface area contributed by atoms with Gasteiger partial charge < -0.3 is 10.1 Å². The number of thiol groups is 1. The number of carbonyl (C=O) groups excluding carboxylic acids is 1. The van der Waals surface area contributed by atoms with E-state index in [2.05, 4.69) is 18.1 Å². The highest BCUT2D eigenvalue weighted by molar-refractivity contribution is 7.82. The van der Waals surface area contributed by atoms with E-state index in [-0.39, 0.29) is 6.03 Å². The average molecular weight is 302 g/mol. The molecule has 2 amide bonds. The van der Waals surface area contributed by atoms with E-state index in [1.54, 1.807) is 7.11 Å². The zero-order valence-electron chi connectivity index (χ0n) is 11.8. The van der Waals surface area contributed by atoms with Crippen LogP contribution < -0.4 is 14.4 Å². The van der Waals surface area contributed by atoms with Gasteiger partial charge in [0, 0.05) is 6.54 Å². The summed E-state index contributed by atoms with van der Waals surface area (Å²) < 4.78 is 6.58. The number of benzene rings is 2. The fourth-order valence-electron chi connectivity index (χ4n) is 1.97. The molecule has 0 atom stereocenters. The Kier molecular flexibility index (Phi) is 5.51. The molecule has 2 aromatic carbocycles. The molecule has 2 rings (SSSR count). The number of hydrogen-bond acceptors (Lipinski definition) is 3. The molecule has 0 aliphatic rings. The molecule has 0 aliphatic carbocycles. The van der Waals surface area contributed by atoms with Gasteiger partial charge in [-0.15, -0.1) is 0 Å². The van der Waals surface area contributed by atoms with Crippen LogP contribution in [0, 0.1) is 0 Å². The van der Waals surface area contributed by atoms with Gasteiger partial charge in [0.25, 0.3) is 0 Å².